The van der Waals surface area contributed by atoms with E-state index in [1.54, 1.807) is 29.4 Å². The molecule has 0 amide bonds. The molecular weight excluding hydrogens is 398 g/mol. The van der Waals surface area contributed by atoms with Crippen LogP contribution in [-0.2, 0) is 6.54 Å². The van der Waals surface area contributed by atoms with Crippen LogP contribution in [0.1, 0.15) is 32.1 Å². The maximum Gasteiger partial charge on any atom is 0.148 e. The lowest BCUT2D eigenvalue weighted by Crippen LogP contribution is -2.14. The summed E-state index contributed by atoms with van der Waals surface area (Å²) in [6.45, 7) is 1.01. The van der Waals surface area contributed by atoms with Gasteiger partial charge in [0.15, 0.2) is 0 Å². The standard InChI is InChI=1S/C22H23N5S2/c1-28-20-18-21(24-13-23-20)29-22(26-18)19-17(16-10-6-3-7-11-16)25-14-27(19)12-15-8-4-2-5-9-15/h3,6-7,10-11,13-15H,2,4-5,8-9,12H2,1H3. The van der Waals surface area contributed by atoms with Crippen molar-refractivity contribution in [2.45, 2.75) is 43.7 Å². The van der Waals surface area contributed by atoms with E-state index in [0.29, 0.717) is 0 Å². The third-order valence-electron chi connectivity index (χ3n) is 5.62. The number of hydrogen-bond acceptors (Lipinski definition) is 6. The Morgan fingerprint density at radius 3 is 2.69 bits per heavy atom. The van der Waals surface area contributed by atoms with Gasteiger partial charge in [-0.1, -0.05) is 60.9 Å². The molecule has 148 valence electrons. The number of benzene rings is 1. The van der Waals surface area contributed by atoms with Gasteiger partial charge < -0.3 is 4.57 Å². The molecule has 4 aromatic rings. The Kier molecular flexibility index (Phi) is 5.33. The van der Waals surface area contributed by atoms with Gasteiger partial charge in [-0.25, -0.2) is 19.9 Å². The van der Waals surface area contributed by atoms with Gasteiger partial charge in [0.2, 0.25) is 0 Å². The lowest BCUT2D eigenvalue weighted by Gasteiger charge is -2.22. The van der Waals surface area contributed by atoms with Crippen LogP contribution in [0.2, 0.25) is 0 Å². The van der Waals surface area contributed by atoms with Crippen LogP contribution >= 0.6 is 23.1 Å². The van der Waals surface area contributed by atoms with Gasteiger partial charge in [0.1, 0.15) is 32.4 Å². The van der Waals surface area contributed by atoms with Crippen molar-refractivity contribution >= 4 is 33.4 Å². The molecule has 3 heterocycles. The van der Waals surface area contributed by atoms with Gasteiger partial charge in [-0.05, 0) is 25.0 Å². The lowest BCUT2D eigenvalue weighted by atomic mass is 9.89. The van der Waals surface area contributed by atoms with E-state index >= 15 is 0 Å². The molecule has 1 saturated carbocycles. The lowest BCUT2D eigenvalue weighted by molar-refractivity contribution is 0.320. The molecule has 0 saturated heterocycles. The first-order valence-corrected chi connectivity index (χ1v) is 12.1. The predicted molar refractivity (Wildman–Crippen MR) is 120 cm³/mol. The Hall–Kier alpha value is -2.25. The summed E-state index contributed by atoms with van der Waals surface area (Å²) < 4.78 is 2.32. The molecule has 0 spiro atoms. The van der Waals surface area contributed by atoms with Crippen molar-refractivity contribution < 1.29 is 0 Å². The number of thioether (sulfide) groups is 1. The molecule has 0 aliphatic heterocycles. The first kappa shape index (κ1) is 18.8. The number of nitrogens with zero attached hydrogens (tertiary/aromatic N) is 5. The average molecular weight is 422 g/mol. The molecule has 0 bridgehead atoms. The minimum absolute atomic E-state index is 0.719. The third-order valence-corrected chi connectivity index (χ3v) is 7.28. The molecule has 1 aliphatic rings. The highest BCUT2D eigenvalue weighted by Gasteiger charge is 2.22. The Bertz CT molecular complexity index is 1110. The maximum absolute atomic E-state index is 4.98. The smallest absolute Gasteiger partial charge is 0.148 e. The Labute approximate surface area is 178 Å². The summed E-state index contributed by atoms with van der Waals surface area (Å²) in [4.78, 5) is 19.6. The van der Waals surface area contributed by atoms with Gasteiger partial charge >= 0.3 is 0 Å². The van der Waals surface area contributed by atoms with Crippen LogP contribution < -0.4 is 0 Å². The zero-order valence-corrected chi connectivity index (χ0v) is 18.0. The summed E-state index contributed by atoms with van der Waals surface area (Å²) in [5.41, 5.74) is 4.13. The van der Waals surface area contributed by atoms with Crippen LogP contribution in [0.15, 0.2) is 48.0 Å². The van der Waals surface area contributed by atoms with Gasteiger partial charge in [0.25, 0.3) is 0 Å². The van der Waals surface area contributed by atoms with Gasteiger partial charge in [0.05, 0.1) is 12.0 Å². The SMILES string of the molecule is CSc1ncnc2sc(-c3c(-c4ccccc4)ncn3CC3CCCCC3)nc12. The van der Waals surface area contributed by atoms with Crippen LogP contribution in [0, 0.1) is 5.92 Å². The van der Waals surface area contributed by atoms with Crippen molar-refractivity contribution in [3.05, 3.63) is 43.0 Å². The molecule has 5 nitrogen and oxygen atoms in total. The fourth-order valence-electron chi connectivity index (χ4n) is 4.18. The molecule has 3 aromatic heterocycles. The second-order valence-corrected chi connectivity index (χ2v) is 9.29. The zero-order valence-electron chi connectivity index (χ0n) is 16.4. The van der Waals surface area contributed by atoms with Crippen molar-refractivity contribution in [2.75, 3.05) is 6.26 Å². The molecule has 1 aromatic carbocycles. The van der Waals surface area contributed by atoms with Crippen LogP contribution in [0.3, 0.4) is 0 Å². The number of fused-ring (bicyclic) bond motifs is 1. The molecule has 1 aliphatic carbocycles. The highest BCUT2D eigenvalue weighted by atomic mass is 32.2. The number of aromatic nitrogens is 5. The Balaban J connectivity index is 1.63. The predicted octanol–water partition coefficient (Wildman–Crippen LogP) is 5.92. The second kappa shape index (κ2) is 8.24. The quantitative estimate of drug-likeness (QED) is 0.296. The first-order chi connectivity index (χ1) is 14.3. The van der Waals surface area contributed by atoms with E-state index in [-0.39, 0.29) is 0 Å². The largest absolute Gasteiger partial charge is 0.328 e. The van der Waals surface area contributed by atoms with E-state index in [1.807, 2.05) is 18.6 Å². The number of hydrogen-bond donors (Lipinski definition) is 0. The number of thiazole rings is 1. The minimum atomic E-state index is 0.719. The highest BCUT2D eigenvalue weighted by Crippen LogP contribution is 2.38. The fourth-order valence-corrected chi connectivity index (χ4v) is 5.71. The van der Waals surface area contributed by atoms with E-state index < -0.39 is 0 Å². The van der Waals surface area contributed by atoms with Crippen molar-refractivity contribution in [3.8, 4) is 22.0 Å². The molecule has 0 N–H and O–H groups in total. The van der Waals surface area contributed by atoms with E-state index in [9.17, 15) is 0 Å². The molecule has 29 heavy (non-hydrogen) atoms. The van der Waals surface area contributed by atoms with Crippen molar-refractivity contribution in [1.82, 2.24) is 24.5 Å². The van der Waals surface area contributed by atoms with E-state index in [0.717, 1.165) is 49.8 Å². The molecule has 1 fully saturated rings. The molecule has 5 rings (SSSR count). The third kappa shape index (κ3) is 3.69. The zero-order chi connectivity index (χ0) is 19.6. The molecule has 0 unspecified atom stereocenters. The first-order valence-electron chi connectivity index (χ1n) is 10.1. The normalized spacial score (nSPS) is 15.2. The van der Waals surface area contributed by atoms with Gasteiger partial charge in [-0.15, -0.1) is 11.8 Å². The monoisotopic (exact) mass is 421 g/mol. The summed E-state index contributed by atoms with van der Waals surface area (Å²) in [6.07, 6.45) is 12.3. The van der Waals surface area contributed by atoms with Crippen molar-refractivity contribution in [3.63, 3.8) is 0 Å². The molecular formula is C22H23N5S2. The van der Waals surface area contributed by atoms with Crippen LogP contribution in [-0.4, -0.2) is 30.8 Å². The minimum Gasteiger partial charge on any atom is -0.328 e. The molecule has 0 radical (unpaired) electrons. The van der Waals surface area contributed by atoms with Crippen molar-refractivity contribution in [2.24, 2.45) is 5.92 Å². The van der Waals surface area contributed by atoms with E-state index in [1.165, 1.54) is 32.1 Å². The van der Waals surface area contributed by atoms with Gasteiger partial charge in [-0.3, -0.25) is 0 Å². The average Bonchev–Trinajstić information content (AvgIpc) is 3.38. The topological polar surface area (TPSA) is 56.5 Å². The van der Waals surface area contributed by atoms with Gasteiger partial charge in [-0.2, -0.15) is 0 Å². The molecule has 7 heteroatoms. The van der Waals surface area contributed by atoms with Gasteiger partial charge in [0, 0.05) is 12.1 Å². The summed E-state index contributed by atoms with van der Waals surface area (Å²) in [5, 5.41) is 1.90. The van der Waals surface area contributed by atoms with E-state index in [2.05, 4.69) is 38.8 Å². The number of rotatable bonds is 5. The molecule has 0 atom stereocenters. The summed E-state index contributed by atoms with van der Waals surface area (Å²) in [7, 11) is 0. The Morgan fingerprint density at radius 2 is 1.90 bits per heavy atom. The summed E-state index contributed by atoms with van der Waals surface area (Å²) in [5.74, 6) is 0.719. The van der Waals surface area contributed by atoms with Crippen LogP contribution in [0.4, 0.5) is 0 Å². The summed E-state index contributed by atoms with van der Waals surface area (Å²) >= 11 is 3.25. The summed E-state index contributed by atoms with van der Waals surface area (Å²) in [6, 6.07) is 10.4. The van der Waals surface area contributed by atoms with Crippen LogP contribution in [0.5, 0.6) is 0 Å². The Morgan fingerprint density at radius 1 is 1.07 bits per heavy atom. The highest BCUT2D eigenvalue weighted by molar-refractivity contribution is 7.98. The second-order valence-electron chi connectivity index (χ2n) is 7.52. The number of imidazole rings is 1. The van der Waals surface area contributed by atoms with Crippen LogP contribution in [0.25, 0.3) is 32.3 Å². The van der Waals surface area contributed by atoms with Crippen molar-refractivity contribution in [1.29, 1.82) is 0 Å². The fraction of sp³-hybridized carbons (Fsp3) is 0.364. The van der Waals surface area contributed by atoms with E-state index in [4.69, 9.17) is 9.97 Å². The maximum atomic E-state index is 4.98.